The summed E-state index contributed by atoms with van der Waals surface area (Å²) in [6.07, 6.45) is 1.82. The number of hydrogen-bond acceptors (Lipinski definition) is 5. The van der Waals surface area contributed by atoms with E-state index in [0.717, 1.165) is 24.0 Å². The van der Waals surface area contributed by atoms with Crippen molar-refractivity contribution in [2.75, 3.05) is 6.61 Å². The molecule has 0 spiro atoms. The number of amides is 1. The largest absolute Gasteiger partial charge is 0.452 e. The summed E-state index contributed by atoms with van der Waals surface area (Å²) in [5, 5.41) is 12.8. The third-order valence-corrected chi connectivity index (χ3v) is 5.64. The lowest BCUT2D eigenvalue weighted by atomic mass is 9.98. The lowest BCUT2D eigenvalue weighted by molar-refractivity contribution is -0.125. The predicted octanol–water partition coefficient (Wildman–Crippen LogP) is 4.18. The van der Waals surface area contributed by atoms with Gasteiger partial charge in [-0.3, -0.25) is 4.79 Å². The van der Waals surface area contributed by atoms with Crippen molar-refractivity contribution in [1.82, 2.24) is 10.3 Å². The minimum atomic E-state index is -0.925. The van der Waals surface area contributed by atoms with Gasteiger partial charge >= 0.3 is 5.97 Å². The second kappa shape index (κ2) is 8.19. The average Bonchev–Trinajstić information content (AvgIpc) is 3.63. The van der Waals surface area contributed by atoms with Crippen LogP contribution < -0.4 is 5.32 Å². The second-order valence-electron chi connectivity index (χ2n) is 8.15. The average molecular weight is 413 g/mol. The Bertz CT molecular complexity index is 1190. The number of ether oxygens (including phenoxy) is 1. The van der Waals surface area contributed by atoms with Crippen LogP contribution in [-0.2, 0) is 9.53 Å². The molecule has 6 heteroatoms. The molecule has 2 aromatic carbocycles. The van der Waals surface area contributed by atoms with E-state index < -0.39 is 24.0 Å². The van der Waals surface area contributed by atoms with E-state index in [1.165, 1.54) is 0 Å². The summed E-state index contributed by atoms with van der Waals surface area (Å²) >= 11 is 0. The predicted molar refractivity (Wildman–Crippen MR) is 117 cm³/mol. The summed E-state index contributed by atoms with van der Waals surface area (Å²) in [6, 6.07) is 19.1. The highest BCUT2D eigenvalue weighted by molar-refractivity contribution is 6.05. The highest BCUT2D eigenvalue weighted by atomic mass is 16.5. The zero-order chi connectivity index (χ0) is 22.0. The molecular weight excluding hydrogens is 390 g/mol. The molecule has 0 aliphatic heterocycles. The number of aryl methyl sites for hydroxylation is 1. The van der Waals surface area contributed by atoms with E-state index in [0.29, 0.717) is 22.2 Å². The van der Waals surface area contributed by atoms with Gasteiger partial charge in [-0.25, -0.2) is 9.78 Å². The van der Waals surface area contributed by atoms with E-state index in [1.54, 1.807) is 19.1 Å². The van der Waals surface area contributed by atoms with Crippen LogP contribution in [0, 0.1) is 24.2 Å². The highest BCUT2D eigenvalue weighted by Gasteiger charge is 2.43. The molecular formula is C25H23N3O3. The Labute approximate surface area is 180 Å². The Morgan fingerprint density at radius 1 is 1.19 bits per heavy atom. The lowest BCUT2D eigenvalue weighted by Crippen LogP contribution is -2.48. The molecule has 156 valence electrons. The van der Waals surface area contributed by atoms with Crippen LogP contribution in [0.2, 0.25) is 0 Å². The summed E-state index contributed by atoms with van der Waals surface area (Å²) < 4.78 is 5.31. The summed E-state index contributed by atoms with van der Waals surface area (Å²) in [7, 11) is 0. The van der Waals surface area contributed by atoms with Gasteiger partial charge in [-0.05, 0) is 44.7 Å². The topological polar surface area (TPSA) is 92.1 Å². The smallest absolute Gasteiger partial charge is 0.339 e. The van der Waals surface area contributed by atoms with Gasteiger partial charge < -0.3 is 10.1 Å². The molecule has 1 saturated carbocycles. The van der Waals surface area contributed by atoms with E-state index in [-0.39, 0.29) is 5.92 Å². The zero-order valence-electron chi connectivity index (χ0n) is 17.5. The molecule has 1 aliphatic rings. The standard InChI is InChI=1S/C25H23N3O3/c1-16-7-9-17(10-8-16)22-13-20(19-5-3-4-6-21(19)27-22)24(30)31-14-23(29)28-25(2,15-26)18-11-12-18/h3-10,13,18H,11-12,14H2,1-2H3,(H,28,29)/t25-/m1/s1. The molecule has 1 aromatic heterocycles. The van der Waals surface area contributed by atoms with E-state index in [2.05, 4.69) is 16.4 Å². The lowest BCUT2D eigenvalue weighted by Gasteiger charge is -2.22. The Kier molecular flexibility index (Phi) is 5.43. The fourth-order valence-electron chi connectivity index (χ4n) is 3.63. The molecule has 1 amide bonds. The number of nitrogens with one attached hydrogen (secondary N) is 1. The normalized spacial score (nSPS) is 15.0. The molecule has 6 nitrogen and oxygen atoms in total. The quantitative estimate of drug-likeness (QED) is 0.612. The molecule has 4 rings (SSSR count). The van der Waals surface area contributed by atoms with Crippen LogP contribution in [0.15, 0.2) is 54.6 Å². The van der Waals surface area contributed by atoms with Crippen LogP contribution in [0.1, 0.15) is 35.7 Å². The van der Waals surface area contributed by atoms with Gasteiger partial charge in [-0.2, -0.15) is 5.26 Å². The van der Waals surface area contributed by atoms with Gasteiger partial charge in [-0.1, -0.05) is 48.0 Å². The number of rotatable bonds is 6. The number of aromatic nitrogens is 1. The molecule has 0 saturated heterocycles. The number of carbonyl (C=O) groups excluding carboxylic acids is 2. The molecule has 31 heavy (non-hydrogen) atoms. The SMILES string of the molecule is Cc1ccc(-c2cc(C(=O)OCC(=O)N[C@](C)(C#N)C3CC3)c3ccccc3n2)cc1. The van der Waals surface area contributed by atoms with Gasteiger partial charge in [0.2, 0.25) is 0 Å². The summed E-state index contributed by atoms with van der Waals surface area (Å²) in [6.45, 7) is 3.26. The van der Waals surface area contributed by atoms with Crippen LogP contribution in [0.25, 0.3) is 22.2 Å². The number of nitriles is 1. The Morgan fingerprint density at radius 3 is 2.58 bits per heavy atom. The molecule has 3 aromatic rings. The zero-order valence-corrected chi connectivity index (χ0v) is 17.5. The summed E-state index contributed by atoms with van der Waals surface area (Å²) in [4.78, 5) is 29.9. The maximum atomic E-state index is 12.9. The molecule has 0 unspecified atom stereocenters. The van der Waals surface area contributed by atoms with Crippen LogP contribution in [-0.4, -0.2) is 29.0 Å². The van der Waals surface area contributed by atoms with Crippen LogP contribution >= 0.6 is 0 Å². The van der Waals surface area contributed by atoms with Crippen molar-refractivity contribution in [2.45, 2.75) is 32.2 Å². The van der Waals surface area contributed by atoms with Crippen molar-refractivity contribution in [3.8, 4) is 17.3 Å². The number of esters is 1. The monoisotopic (exact) mass is 413 g/mol. The summed E-state index contributed by atoms with van der Waals surface area (Å²) in [5.74, 6) is -0.938. The van der Waals surface area contributed by atoms with E-state index in [4.69, 9.17) is 4.74 Å². The number of fused-ring (bicyclic) bond motifs is 1. The maximum Gasteiger partial charge on any atom is 0.339 e. The molecule has 1 atom stereocenters. The van der Waals surface area contributed by atoms with E-state index >= 15 is 0 Å². The second-order valence-corrected chi connectivity index (χ2v) is 8.15. The van der Waals surface area contributed by atoms with Gasteiger partial charge in [0.25, 0.3) is 5.91 Å². The van der Waals surface area contributed by atoms with Crippen LogP contribution in [0.4, 0.5) is 0 Å². The Morgan fingerprint density at radius 2 is 1.90 bits per heavy atom. The van der Waals surface area contributed by atoms with Crippen molar-refractivity contribution in [1.29, 1.82) is 5.26 Å². The van der Waals surface area contributed by atoms with Gasteiger partial charge in [0, 0.05) is 10.9 Å². The number of hydrogen-bond donors (Lipinski definition) is 1. The number of para-hydroxylation sites is 1. The maximum absolute atomic E-state index is 12.9. The third-order valence-electron chi connectivity index (χ3n) is 5.64. The molecule has 1 heterocycles. The van der Waals surface area contributed by atoms with Gasteiger partial charge in [0.15, 0.2) is 6.61 Å². The van der Waals surface area contributed by atoms with Gasteiger partial charge in [-0.15, -0.1) is 0 Å². The molecule has 0 bridgehead atoms. The van der Waals surface area contributed by atoms with Gasteiger partial charge in [0.1, 0.15) is 5.54 Å². The molecule has 1 aliphatic carbocycles. The third kappa shape index (κ3) is 4.41. The minimum absolute atomic E-state index is 0.151. The Balaban J connectivity index is 1.56. The van der Waals surface area contributed by atoms with Crippen LogP contribution in [0.3, 0.4) is 0 Å². The van der Waals surface area contributed by atoms with Crippen molar-refractivity contribution < 1.29 is 14.3 Å². The first-order chi connectivity index (χ1) is 14.9. The number of carbonyl (C=O) groups is 2. The highest BCUT2D eigenvalue weighted by Crippen LogP contribution is 2.39. The molecule has 1 fully saturated rings. The van der Waals surface area contributed by atoms with Crippen molar-refractivity contribution in [3.05, 3.63) is 65.7 Å². The first kappa shape index (κ1) is 20.5. The van der Waals surface area contributed by atoms with E-state index in [9.17, 15) is 14.9 Å². The first-order valence-electron chi connectivity index (χ1n) is 10.3. The number of nitrogens with zero attached hydrogens (tertiary/aromatic N) is 2. The van der Waals surface area contributed by atoms with Gasteiger partial charge in [0.05, 0.1) is 22.8 Å². The van der Waals surface area contributed by atoms with Crippen molar-refractivity contribution in [2.24, 2.45) is 5.92 Å². The number of pyridine rings is 1. The van der Waals surface area contributed by atoms with Crippen molar-refractivity contribution >= 4 is 22.8 Å². The van der Waals surface area contributed by atoms with E-state index in [1.807, 2.05) is 49.4 Å². The summed E-state index contributed by atoms with van der Waals surface area (Å²) in [5.41, 5.74) is 2.76. The first-order valence-corrected chi connectivity index (χ1v) is 10.3. The molecule has 0 radical (unpaired) electrons. The Hall–Kier alpha value is -3.72. The fraction of sp³-hybridized carbons (Fsp3) is 0.280. The minimum Gasteiger partial charge on any atom is -0.452 e. The number of benzene rings is 2. The fourth-order valence-corrected chi connectivity index (χ4v) is 3.63. The van der Waals surface area contributed by atoms with Crippen molar-refractivity contribution in [3.63, 3.8) is 0 Å². The van der Waals surface area contributed by atoms with Crippen LogP contribution in [0.5, 0.6) is 0 Å². The molecule has 1 N–H and O–H groups in total.